The van der Waals surface area contributed by atoms with Crippen LogP contribution in [0, 0.1) is 5.92 Å². The van der Waals surface area contributed by atoms with Crippen molar-refractivity contribution in [3.05, 3.63) is 20.8 Å². The minimum Gasteiger partial charge on any atom is -0.303 e. The number of hydrogen-bond acceptors (Lipinski definition) is 2. The first-order valence-electron chi connectivity index (χ1n) is 3.50. The average molecular weight is 231 g/mol. The number of hydrogen-bond donors (Lipinski definition) is 0. The van der Waals surface area contributed by atoms with Crippen LogP contribution in [0.15, 0.2) is 15.2 Å². The number of halogens is 1. The zero-order valence-electron chi connectivity index (χ0n) is 5.79. The zero-order valence-corrected chi connectivity index (χ0v) is 8.19. The molecule has 11 heavy (non-hydrogen) atoms. The van der Waals surface area contributed by atoms with E-state index in [9.17, 15) is 4.79 Å². The van der Waals surface area contributed by atoms with Crippen molar-refractivity contribution in [2.45, 2.75) is 12.3 Å². The van der Waals surface area contributed by atoms with Crippen LogP contribution in [-0.2, 0) is 4.79 Å². The molecule has 0 aromatic carbocycles. The summed E-state index contributed by atoms with van der Waals surface area (Å²) in [6.07, 6.45) is 2.11. The van der Waals surface area contributed by atoms with Gasteiger partial charge in [0.15, 0.2) is 0 Å². The van der Waals surface area contributed by atoms with Gasteiger partial charge < -0.3 is 4.79 Å². The lowest BCUT2D eigenvalue weighted by Gasteiger charge is -1.86. The molecule has 2 unspecified atom stereocenters. The molecule has 0 radical (unpaired) electrons. The van der Waals surface area contributed by atoms with Crippen molar-refractivity contribution in [3.8, 4) is 0 Å². The number of aldehydes is 1. The van der Waals surface area contributed by atoms with Crippen molar-refractivity contribution < 1.29 is 4.79 Å². The lowest BCUT2D eigenvalue weighted by atomic mass is 10.2. The normalized spacial score (nSPS) is 28.5. The van der Waals surface area contributed by atoms with E-state index in [0.717, 1.165) is 16.5 Å². The summed E-state index contributed by atoms with van der Waals surface area (Å²) >= 11 is 5.09. The summed E-state index contributed by atoms with van der Waals surface area (Å²) in [5, 5.41) is 2.12. The fourth-order valence-electron chi connectivity index (χ4n) is 1.27. The summed E-state index contributed by atoms with van der Waals surface area (Å²) in [4.78, 5) is 10.3. The van der Waals surface area contributed by atoms with Crippen LogP contribution in [0.25, 0.3) is 0 Å². The first-order chi connectivity index (χ1) is 5.31. The van der Waals surface area contributed by atoms with Gasteiger partial charge in [0.2, 0.25) is 0 Å². The monoisotopic (exact) mass is 230 g/mol. The predicted octanol–water partition coefficient (Wildman–Crippen LogP) is 2.81. The molecule has 0 N–H and O–H groups in total. The maximum absolute atomic E-state index is 10.3. The van der Waals surface area contributed by atoms with Crippen molar-refractivity contribution >= 4 is 33.6 Å². The Morgan fingerprint density at radius 3 is 3.00 bits per heavy atom. The molecule has 3 heteroatoms. The van der Waals surface area contributed by atoms with Crippen molar-refractivity contribution in [3.63, 3.8) is 0 Å². The fourth-order valence-corrected chi connectivity index (χ4v) is 2.51. The van der Waals surface area contributed by atoms with Crippen molar-refractivity contribution in [1.82, 2.24) is 0 Å². The minimum absolute atomic E-state index is 0.302. The standard InChI is InChI=1S/C8H7BrOS/c9-8-2-6(4-11-8)7-1-5(7)3-10/h2-5,7H,1H2. The maximum atomic E-state index is 10.3. The summed E-state index contributed by atoms with van der Waals surface area (Å²) in [5.41, 5.74) is 1.32. The number of rotatable bonds is 2. The molecule has 0 saturated heterocycles. The van der Waals surface area contributed by atoms with E-state index in [4.69, 9.17) is 0 Å². The lowest BCUT2D eigenvalue weighted by Crippen LogP contribution is -1.79. The molecule has 1 aliphatic carbocycles. The average Bonchev–Trinajstić information content (AvgIpc) is 2.68. The van der Waals surface area contributed by atoms with E-state index in [1.165, 1.54) is 5.56 Å². The Labute approximate surface area is 77.6 Å². The highest BCUT2D eigenvalue weighted by molar-refractivity contribution is 9.11. The molecule has 2 rings (SSSR count). The van der Waals surface area contributed by atoms with E-state index in [1.807, 2.05) is 0 Å². The highest BCUT2D eigenvalue weighted by atomic mass is 79.9. The predicted molar refractivity (Wildman–Crippen MR) is 48.9 cm³/mol. The topological polar surface area (TPSA) is 17.1 Å². The van der Waals surface area contributed by atoms with Gasteiger partial charge in [-0.3, -0.25) is 0 Å². The van der Waals surface area contributed by atoms with E-state index in [0.29, 0.717) is 11.8 Å². The van der Waals surface area contributed by atoms with Gasteiger partial charge in [-0.1, -0.05) is 0 Å². The third-order valence-electron chi connectivity index (χ3n) is 2.03. The fraction of sp³-hybridized carbons (Fsp3) is 0.375. The van der Waals surface area contributed by atoms with Gasteiger partial charge in [-0.2, -0.15) is 0 Å². The summed E-state index contributed by atoms with van der Waals surface area (Å²) in [5.74, 6) is 0.826. The Balaban J connectivity index is 2.14. The van der Waals surface area contributed by atoms with Crippen LogP contribution >= 0.6 is 27.3 Å². The maximum Gasteiger partial charge on any atom is 0.123 e. The summed E-state index contributed by atoms with van der Waals surface area (Å²) in [7, 11) is 0. The molecule has 1 nitrogen and oxygen atoms in total. The van der Waals surface area contributed by atoms with Crippen molar-refractivity contribution in [2.75, 3.05) is 0 Å². The molecule has 1 fully saturated rings. The van der Waals surface area contributed by atoms with Gasteiger partial charge in [-0.15, -0.1) is 11.3 Å². The van der Waals surface area contributed by atoms with Crippen molar-refractivity contribution in [2.24, 2.45) is 5.92 Å². The summed E-state index contributed by atoms with van der Waals surface area (Å²) in [6, 6.07) is 2.11. The largest absolute Gasteiger partial charge is 0.303 e. The van der Waals surface area contributed by atoms with Gasteiger partial charge >= 0.3 is 0 Å². The molecule has 58 valence electrons. The summed E-state index contributed by atoms with van der Waals surface area (Å²) < 4.78 is 1.16. The quantitative estimate of drug-likeness (QED) is 0.715. The molecule has 1 aromatic heterocycles. The van der Waals surface area contributed by atoms with Gasteiger partial charge in [0, 0.05) is 5.92 Å². The van der Waals surface area contributed by atoms with Crippen molar-refractivity contribution in [1.29, 1.82) is 0 Å². The molecule has 0 bridgehead atoms. The van der Waals surface area contributed by atoms with E-state index in [2.05, 4.69) is 27.4 Å². The van der Waals surface area contributed by atoms with Crippen LogP contribution in [-0.4, -0.2) is 6.29 Å². The molecule has 1 aliphatic rings. The van der Waals surface area contributed by atoms with Crippen LogP contribution < -0.4 is 0 Å². The molecule has 2 atom stereocenters. The zero-order chi connectivity index (χ0) is 7.84. The Morgan fingerprint density at radius 1 is 1.73 bits per heavy atom. The Kier molecular flexibility index (Phi) is 1.85. The van der Waals surface area contributed by atoms with Crippen LogP contribution in [0.3, 0.4) is 0 Å². The number of carbonyl (C=O) groups excluding carboxylic acids is 1. The molecule has 0 spiro atoms. The SMILES string of the molecule is O=CC1CC1c1csc(Br)c1. The molecule has 0 amide bonds. The lowest BCUT2D eigenvalue weighted by molar-refractivity contribution is -0.108. The highest BCUT2D eigenvalue weighted by Crippen LogP contribution is 2.47. The van der Waals surface area contributed by atoms with Crippen LogP contribution in [0.5, 0.6) is 0 Å². The Hall–Kier alpha value is -0.150. The Bertz CT molecular complexity index is 281. The number of carbonyl (C=O) groups is 1. The third-order valence-corrected chi connectivity index (χ3v) is 3.55. The minimum atomic E-state index is 0.302. The second-order valence-electron chi connectivity index (χ2n) is 2.83. The highest BCUT2D eigenvalue weighted by Gasteiger charge is 2.38. The van der Waals surface area contributed by atoms with E-state index in [1.54, 1.807) is 11.3 Å². The van der Waals surface area contributed by atoms with Gasteiger partial charge in [0.1, 0.15) is 6.29 Å². The van der Waals surface area contributed by atoms with Crippen LogP contribution in [0.4, 0.5) is 0 Å². The molecule has 1 aromatic rings. The molecular weight excluding hydrogens is 224 g/mol. The van der Waals surface area contributed by atoms with Crippen LogP contribution in [0.1, 0.15) is 17.9 Å². The second kappa shape index (κ2) is 2.72. The first-order valence-corrected chi connectivity index (χ1v) is 5.18. The molecule has 1 heterocycles. The molecule has 1 saturated carbocycles. The summed E-state index contributed by atoms with van der Waals surface area (Å²) in [6.45, 7) is 0. The van der Waals surface area contributed by atoms with Crippen LogP contribution in [0.2, 0.25) is 0 Å². The Morgan fingerprint density at radius 2 is 2.55 bits per heavy atom. The van der Waals surface area contributed by atoms with Gasteiger partial charge in [-0.25, -0.2) is 0 Å². The molecular formula is C8H7BrOS. The van der Waals surface area contributed by atoms with E-state index in [-0.39, 0.29) is 0 Å². The van der Waals surface area contributed by atoms with Gasteiger partial charge in [0.25, 0.3) is 0 Å². The van der Waals surface area contributed by atoms with Gasteiger partial charge in [0.05, 0.1) is 3.79 Å². The van der Waals surface area contributed by atoms with E-state index >= 15 is 0 Å². The number of thiophene rings is 1. The molecule has 0 aliphatic heterocycles. The smallest absolute Gasteiger partial charge is 0.123 e. The third kappa shape index (κ3) is 1.40. The second-order valence-corrected chi connectivity index (χ2v) is 5.12. The first kappa shape index (κ1) is 7.50. The van der Waals surface area contributed by atoms with E-state index < -0.39 is 0 Å². The van der Waals surface area contributed by atoms with Gasteiger partial charge in [-0.05, 0) is 45.3 Å².